The summed E-state index contributed by atoms with van der Waals surface area (Å²) in [7, 11) is 0. The standard InChI is InChI=1S/C10H10N4O2/c1-4-6-3-12-10(11)14-8(6)13-9(16)7(4)5(2)15/h3H,1-2H3,(H3,11,12,13,14,16). The van der Waals surface area contributed by atoms with Crippen LogP contribution < -0.4 is 11.3 Å². The van der Waals surface area contributed by atoms with Crippen molar-refractivity contribution >= 4 is 22.8 Å². The predicted molar refractivity (Wildman–Crippen MR) is 59.3 cm³/mol. The van der Waals surface area contributed by atoms with Crippen LogP contribution in [0.1, 0.15) is 22.8 Å². The summed E-state index contributed by atoms with van der Waals surface area (Å²) >= 11 is 0. The third-order valence-electron chi connectivity index (χ3n) is 2.40. The molecule has 6 nitrogen and oxygen atoms in total. The maximum Gasteiger partial charge on any atom is 0.260 e. The molecule has 0 fully saturated rings. The molecule has 2 rings (SSSR count). The number of ketones is 1. The molecule has 0 aromatic carbocycles. The lowest BCUT2D eigenvalue weighted by atomic mass is 10.1. The second kappa shape index (κ2) is 3.41. The average Bonchev–Trinajstić information content (AvgIpc) is 2.15. The zero-order chi connectivity index (χ0) is 11.9. The minimum atomic E-state index is -0.449. The van der Waals surface area contributed by atoms with E-state index >= 15 is 0 Å². The molecule has 0 spiro atoms. The summed E-state index contributed by atoms with van der Waals surface area (Å²) in [4.78, 5) is 33.2. The molecule has 0 unspecified atom stereocenters. The smallest absolute Gasteiger partial charge is 0.260 e. The van der Waals surface area contributed by atoms with Crippen molar-refractivity contribution in [2.24, 2.45) is 0 Å². The number of hydrogen-bond acceptors (Lipinski definition) is 5. The highest BCUT2D eigenvalue weighted by Gasteiger charge is 2.13. The molecule has 2 heterocycles. The molecule has 3 N–H and O–H groups in total. The minimum absolute atomic E-state index is 0.0816. The number of nitrogens with two attached hydrogens (primary N) is 1. The normalized spacial score (nSPS) is 10.6. The second-order valence-electron chi connectivity index (χ2n) is 3.50. The number of aromatic amines is 1. The average molecular weight is 218 g/mol. The van der Waals surface area contributed by atoms with Crippen molar-refractivity contribution in [3.8, 4) is 0 Å². The van der Waals surface area contributed by atoms with Crippen LogP contribution in [0.5, 0.6) is 0 Å². The molecule has 82 valence electrons. The zero-order valence-corrected chi connectivity index (χ0v) is 8.87. The Bertz CT molecular complexity index is 645. The molecule has 0 radical (unpaired) electrons. The third kappa shape index (κ3) is 1.44. The van der Waals surface area contributed by atoms with Crippen molar-refractivity contribution in [1.29, 1.82) is 0 Å². The number of rotatable bonds is 1. The molecule has 0 saturated carbocycles. The molecule has 0 aliphatic heterocycles. The van der Waals surface area contributed by atoms with E-state index in [1.807, 2.05) is 0 Å². The maximum absolute atomic E-state index is 11.6. The Morgan fingerprint density at radius 3 is 2.81 bits per heavy atom. The minimum Gasteiger partial charge on any atom is -0.368 e. The van der Waals surface area contributed by atoms with E-state index in [2.05, 4.69) is 15.0 Å². The van der Waals surface area contributed by atoms with Crippen molar-refractivity contribution in [2.75, 3.05) is 5.73 Å². The van der Waals surface area contributed by atoms with Gasteiger partial charge in [-0.15, -0.1) is 0 Å². The lowest BCUT2D eigenvalue weighted by molar-refractivity contribution is 0.101. The highest BCUT2D eigenvalue weighted by molar-refractivity contribution is 5.99. The summed E-state index contributed by atoms with van der Waals surface area (Å²) in [5, 5.41) is 0.624. The van der Waals surface area contributed by atoms with E-state index in [-0.39, 0.29) is 17.3 Å². The Morgan fingerprint density at radius 2 is 2.19 bits per heavy atom. The Labute approximate surface area is 90.5 Å². The highest BCUT2D eigenvalue weighted by atomic mass is 16.1. The molecule has 0 saturated heterocycles. The second-order valence-corrected chi connectivity index (χ2v) is 3.50. The van der Waals surface area contributed by atoms with Gasteiger partial charge < -0.3 is 10.7 Å². The fraction of sp³-hybridized carbons (Fsp3) is 0.200. The van der Waals surface area contributed by atoms with Crippen molar-refractivity contribution in [1.82, 2.24) is 15.0 Å². The molecule has 0 aliphatic rings. The van der Waals surface area contributed by atoms with Crippen LogP contribution in [0, 0.1) is 6.92 Å². The maximum atomic E-state index is 11.6. The molecule has 0 atom stereocenters. The van der Waals surface area contributed by atoms with E-state index in [0.29, 0.717) is 16.6 Å². The van der Waals surface area contributed by atoms with Gasteiger partial charge in [-0.1, -0.05) is 0 Å². The van der Waals surface area contributed by atoms with Gasteiger partial charge in [-0.2, -0.15) is 4.98 Å². The van der Waals surface area contributed by atoms with Crippen molar-refractivity contribution < 1.29 is 4.79 Å². The van der Waals surface area contributed by atoms with Crippen LogP contribution in [0.4, 0.5) is 5.95 Å². The van der Waals surface area contributed by atoms with Gasteiger partial charge in [-0.3, -0.25) is 9.59 Å². The number of pyridine rings is 1. The molecule has 0 amide bonds. The third-order valence-corrected chi connectivity index (χ3v) is 2.40. The summed E-state index contributed by atoms with van der Waals surface area (Å²) < 4.78 is 0. The molecule has 0 aliphatic carbocycles. The van der Waals surface area contributed by atoms with Crippen molar-refractivity contribution in [2.45, 2.75) is 13.8 Å². The van der Waals surface area contributed by atoms with Gasteiger partial charge >= 0.3 is 0 Å². The van der Waals surface area contributed by atoms with E-state index in [1.54, 1.807) is 6.92 Å². The number of carbonyl (C=O) groups is 1. The number of nitrogens with one attached hydrogen (secondary N) is 1. The van der Waals surface area contributed by atoms with Crippen molar-refractivity contribution in [3.05, 3.63) is 27.7 Å². The van der Waals surface area contributed by atoms with Gasteiger partial charge in [0.25, 0.3) is 5.56 Å². The Balaban J connectivity index is 2.94. The lowest BCUT2D eigenvalue weighted by Crippen LogP contribution is -2.19. The summed E-state index contributed by atoms with van der Waals surface area (Å²) in [6, 6.07) is 0. The molecule has 6 heteroatoms. The summed E-state index contributed by atoms with van der Waals surface area (Å²) in [6.45, 7) is 3.04. The van der Waals surface area contributed by atoms with Crippen LogP contribution in [0.15, 0.2) is 11.0 Å². The SMILES string of the molecule is CC(=O)c1c(C)c2cnc(N)nc2[nH]c1=O. The first-order valence-corrected chi connectivity index (χ1v) is 4.66. The van der Waals surface area contributed by atoms with E-state index in [0.717, 1.165) is 0 Å². The number of Topliss-reactive ketones (excluding diaryl/α,β-unsaturated/α-hetero) is 1. The molecule has 16 heavy (non-hydrogen) atoms. The fourth-order valence-electron chi connectivity index (χ4n) is 1.66. The fourth-order valence-corrected chi connectivity index (χ4v) is 1.66. The molecular formula is C10H10N4O2. The molecular weight excluding hydrogens is 208 g/mol. The number of nitrogens with zero attached hydrogens (tertiary/aromatic N) is 2. The highest BCUT2D eigenvalue weighted by Crippen LogP contribution is 2.15. The number of H-pyrrole nitrogens is 1. The number of carbonyl (C=O) groups excluding carboxylic acids is 1. The van der Waals surface area contributed by atoms with E-state index in [1.165, 1.54) is 13.1 Å². The van der Waals surface area contributed by atoms with E-state index < -0.39 is 5.56 Å². The van der Waals surface area contributed by atoms with Gasteiger partial charge in [0.15, 0.2) is 5.78 Å². The van der Waals surface area contributed by atoms with E-state index in [4.69, 9.17) is 5.73 Å². The number of aromatic nitrogens is 3. The quantitative estimate of drug-likeness (QED) is 0.675. The van der Waals surface area contributed by atoms with Gasteiger partial charge in [0.05, 0.1) is 5.56 Å². The Kier molecular flexibility index (Phi) is 2.19. The van der Waals surface area contributed by atoms with Gasteiger partial charge in [0.1, 0.15) is 5.65 Å². The molecule has 2 aromatic rings. The number of nitrogen functional groups attached to an aromatic ring is 1. The first-order chi connectivity index (χ1) is 7.50. The molecule has 0 bridgehead atoms. The van der Waals surface area contributed by atoms with Gasteiger partial charge in [0.2, 0.25) is 5.95 Å². The van der Waals surface area contributed by atoms with Gasteiger partial charge in [-0.05, 0) is 19.4 Å². The topological polar surface area (TPSA) is 102 Å². The first-order valence-electron chi connectivity index (χ1n) is 4.66. The van der Waals surface area contributed by atoms with Crippen LogP contribution in [0.2, 0.25) is 0 Å². The summed E-state index contributed by atoms with van der Waals surface area (Å²) in [5.74, 6) is -0.199. The van der Waals surface area contributed by atoms with Crippen molar-refractivity contribution in [3.63, 3.8) is 0 Å². The van der Waals surface area contributed by atoms with E-state index in [9.17, 15) is 9.59 Å². The van der Waals surface area contributed by atoms with Crippen LogP contribution in [0.25, 0.3) is 11.0 Å². The zero-order valence-electron chi connectivity index (χ0n) is 8.87. The lowest BCUT2D eigenvalue weighted by Gasteiger charge is -2.05. The van der Waals surface area contributed by atoms with Crippen LogP contribution in [-0.4, -0.2) is 20.7 Å². The number of anilines is 1. The number of fused-ring (bicyclic) bond motifs is 1. The Hall–Kier alpha value is -2.24. The first kappa shape index (κ1) is 10.3. The molecule has 2 aromatic heterocycles. The predicted octanol–water partition coefficient (Wildman–Crippen LogP) is 0.411. The largest absolute Gasteiger partial charge is 0.368 e. The van der Waals surface area contributed by atoms with Gasteiger partial charge in [-0.25, -0.2) is 4.98 Å². The number of hydrogen-bond donors (Lipinski definition) is 2. The van der Waals surface area contributed by atoms with Crippen LogP contribution >= 0.6 is 0 Å². The number of aryl methyl sites for hydroxylation is 1. The van der Waals surface area contributed by atoms with Crippen LogP contribution in [0.3, 0.4) is 0 Å². The van der Waals surface area contributed by atoms with Gasteiger partial charge in [0, 0.05) is 11.6 Å². The monoisotopic (exact) mass is 218 g/mol. The van der Waals surface area contributed by atoms with Crippen LogP contribution in [-0.2, 0) is 0 Å². The Morgan fingerprint density at radius 1 is 1.50 bits per heavy atom. The summed E-state index contributed by atoms with van der Waals surface area (Å²) in [6.07, 6.45) is 1.50. The summed E-state index contributed by atoms with van der Waals surface area (Å²) in [5.41, 5.74) is 6.02.